The Balaban J connectivity index is 2.45. The summed E-state index contributed by atoms with van der Waals surface area (Å²) in [5, 5.41) is 4.52. The molecule has 2 unspecified atom stereocenters. The van der Waals surface area contributed by atoms with Crippen molar-refractivity contribution in [3.05, 3.63) is 11.3 Å². The quantitative estimate of drug-likeness (QED) is 0.896. The molecule has 0 aromatic carbocycles. The molecule has 108 valence electrons. The summed E-state index contributed by atoms with van der Waals surface area (Å²) in [7, 11) is 3.66. The monoisotopic (exact) mass is 266 g/mol. The fourth-order valence-electron chi connectivity index (χ4n) is 3.41. The summed E-state index contributed by atoms with van der Waals surface area (Å²) in [4.78, 5) is 2.51. The number of aromatic nitrogens is 2. The third-order valence-corrected chi connectivity index (χ3v) is 4.27. The van der Waals surface area contributed by atoms with Crippen molar-refractivity contribution in [2.45, 2.75) is 32.7 Å². The molecule has 1 aliphatic rings. The van der Waals surface area contributed by atoms with E-state index in [1.165, 1.54) is 18.4 Å². The van der Waals surface area contributed by atoms with E-state index < -0.39 is 0 Å². The highest BCUT2D eigenvalue weighted by Crippen LogP contribution is 2.40. The van der Waals surface area contributed by atoms with Crippen molar-refractivity contribution in [1.29, 1.82) is 0 Å². The Kier molecular flexibility index (Phi) is 4.47. The lowest BCUT2D eigenvalue weighted by molar-refractivity contribution is 0.0991. The molecule has 0 bridgehead atoms. The van der Waals surface area contributed by atoms with Gasteiger partial charge in [-0.1, -0.05) is 6.92 Å². The maximum Gasteiger partial charge on any atom is 0.216 e. The molecule has 5 heteroatoms. The van der Waals surface area contributed by atoms with E-state index in [0.29, 0.717) is 12.0 Å². The number of nitrogens with two attached hydrogens (primary N) is 1. The van der Waals surface area contributed by atoms with Gasteiger partial charge in [0.15, 0.2) is 0 Å². The van der Waals surface area contributed by atoms with Gasteiger partial charge in [0, 0.05) is 13.1 Å². The number of ether oxygens (including phenoxy) is 1. The number of hydrogen-bond acceptors (Lipinski definition) is 4. The number of rotatable bonds is 4. The van der Waals surface area contributed by atoms with Crippen LogP contribution in [0.1, 0.15) is 37.1 Å². The number of aryl methyl sites for hydroxylation is 2. The number of likely N-dealkylation sites (tertiary alicyclic amines) is 1. The molecule has 5 nitrogen and oxygen atoms in total. The average Bonchev–Trinajstić information content (AvgIpc) is 2.71. The first-order chi connectivity index (χ1) is 9.13. The molecule has 0 radical (unpaired) electrons. The zero-order valence-electron chi connectivity index (χ0n) is 12.5. The molecular weight excluding hydrogens is 240 g/mol. The van der Waals surface area contributed by atoms with E-state index in [9.17, 15) is 0 Å². The minimum atomic E-state index is 0.340. The standard InChI is InChI=1S/C14H26N4O/c1-5-18-8-6-7-11(9-15)13(18)12-10(2)16-17(3)14(12)19-4/h11,13H,5-9,15H2,1-4H3. The molecule has 1 aliphatic heterocycles. The molecule has 1 fully saturated rings. The predicted octanol–water partition coefficient (Wildman–Crippen LogP) is 1.47. The minimum absolute atomic E-state index is 0.340. The lowest BCUT2D eigenvalue weighted by Crippen LogP contribution is -2.41. The molecule has 0 amide bonds. The third kappa shape index (κ3) is 2.49. The Labute approximate surface area is 115 Å². The Morgan fingerprint density at radius 1 is 1.47 bits per heavy atom. The first kappa shape index (κ1) is 14.3. The highest BCUT2D eigenvalue weighted by atomic mass is 16.5. The Bertz CT molecular complexity index is 417. The van der Waals surface area contributed by atoms with Crippen molar-refractivity contribution in [2.24, 2.45) is 18.7 Å². The van der Waals surface area contributed by atoms with Gasteiger partial charge in [0.2, 0.25) is 5.88 Å². The molecule has 2 rings (SSSR count). The summed E-state index contributed by atoms with van der Waals surface area (Å²) in [5.74, 6) is 1.37. The van der Waals surface area contributed by atoms with Crippen molar-refractivity contribution < 1.29 is 4.74 Å². The molecule has 1 saturated heterocycles. The van der Waals surface area contributed by atoms with E-state index in [1.807, 2.05) is 11.7 Å². The van der Waals surface area contributed by atoms with Gasteiger partial charge in [0.25, 0.3) is 0 Å². The predicted molar refractivity (Wildman–Crippen MR) is 76.3 cm³/mol. The van der Waals surface area contributed by atoms with E-state index >= 15 is 0 Å². The number of piperidine rings is 1. The van der Waals surface area contributed by atoms with Crippen LogP contribution < -0.4 is 10.5 Å². The van der Waals surface area contributed by atoms with Crippen molar-refractivity contribution in [2.75, 3.05) is 26.7 Å². The van der Waals surface area contributed by atoms with Crippen LogP contribution in [0.15, 0.2) is 0 Å². The third-order valence-electron chi connectivity index (χ3n) is 4.27. The topological polar surface area (TPSA) is 56.3 Å². The zero-order chi connectivity index (χ0) is 14.0. The molecule has 1 aromatic heterocycles. The zero-order valence-corrected chi connectivity index (χ0v) is 12.5. The highest BCUT2D eigenvalue weighted by molar-refractivity contribution is 5.35. The first-order valence-corrected chi connectivity index (χ1v) is 7.15. The van der Waals surface area contributed by atoms with Gasteiger partial charge >= 0.3 is 0 Å². The van der Waals surface area contributed by atoms with Gasteiger partial charge in [-0.3, -0.25) is 4.90 Å². The molecule has 0 saturated carbocycles. The van der Waals surface area contributed by atoms with Gasteiger partial charge in [-0.25, -0.2) is 4.68 Å². The van der Waals surface area contributed by atoms with E-state index in [4.69, 9.17) is 10.5 Å². The molecule has 2 heterocycles. The second-order valence-corrected chi connectivity index (χ2v) is 5.34. The summed E-state index contributed by atoms with van der Waals surface area (Å²) in [5.41, 5.74) is 8.28. The molecule has 2 N–H and O–H groups in total. The van der Waals surface area contributed by atoms with Crippen LogP contribution in [-0.4, -0.2) is 41.4 Å². The van der Waals surface area contributed by atoms with Crippen LogP contribution in [0.3, 0.4) is 0 Å². The maximum absolute atomic E-state index is 6.00. The molecule has 0 spiro atoms. The highest BCUT2D eigenvalue weighted by Gasteiger charge is 2.35. The molecule has 1 aromatic rings. The van der Waals surface area contributed by atoms with E-state index in [-0.39, 0.29) is 0 Å². The molecule has 2 atom stereocenters. The van der Waals surface area contributed by atoms with Crippen LogP contribution in [0.5, 0.6) is 5.88 Å². The van der Waals surface area contributed by atoms with E-state index in [1.54, 1.807) is 7.11 Å². The van der Waals surface area contributed by atoms with E-state index in [0.717, 1.165) is 31.2 Å². The van der Waals surface area contributed by atoms with Crippen molar-refractivity contribution in [3.63, 3.8) is 0 Å². The van der Waals surface area contributed by atoms with Gasteiger partial charge in [-0.15, -0.1) is 0 Å². The lowest BCUT2D eigenvalue weighted by Gasteiger charge is -2.40. The van der Waals surface area contributed by atoms with Crippen molar-refractivity contribution in [3.8, 4) is 5.88 Å². The van der Waals surface area contributed by atoms with Crippen molar-refractivity contribution >= 4 is 0 Å². The smallest absolute Gasteiger partial charge is 0.216 e. The van der Waals surface area contributed by atoms with Crippen LogP contribution in [0.2, 0.25) is 0 Å². The molecular formula is C14H26N4O. The number of methoxy groups -OCH3 is 1. The maximum atomic E-state index is 6.00. The van der Waals surface area contributed by atoms with Gasteiger partial charge < -0.3 is 10.5 Å². The van der Waals surface area contributed by atoms with Crippen LogP contribution in [0.4, 0.5) is 0 Å². The van der Waals surface area contributed by atoms with Crippen LogP contribution in [-0.2, 0) is 7.05 Å². The van der Waals surface area contributed by atoms with Gasteiger partial charge in [0.05, 0.1) is 18.4 Å². The second-order valence-electron chi connectivity index (χ2n) is 5.34. The largest absolute Gasteiger partial charge is 0.481 e. The summed E-state index contributed by atoms with van der Waals surface area (Å²) in [6, 6.07) is 0.340. The summed E-state index contributed by atoms with van der Waals surface area (Å²) in [6.07, 6.45) is 2.42. The van der Waals surface area contributed by atoms with Gasteiger partial charge in [-0.05, 0) is 45.3 Å². The summed E-state index contributed by atoms with van der Waals surface area (Å²) >= 11 is 0. The lowest BCUT2D eigenvalue weighted by atomic mass is 9.84. The molecule has 19 heavy (non-hydrogen) atoms. The number of hydrogen-bond donors (Lipinski definition) is 1. The SMILES string of the molecule is CCN1CCCC(CN)C1c1c(C)nn(C)c1OC. The van der Waals surface area contributed by atoms with Crippen molar-refractivity contribution in [1.82, 2.24) is 14.7 Å². The normalized spacial score (nSPS) is 24.7. The summed E-state index contributed by atoms with van der Waals surface area (Å²) in [6.45, 7) is 7.17. The van der Waals surface area contributed by atoms with E-state index in [2.05, 4.69) is 23.8 Å². The fourth-order valence-corrected chi connectivity index (χ4v) is 3.41. The van der Waals surface area contributed by atoms with Crippen LogP contribution >= 0.6 is 0 Å². The van der Waals surface area contributed by atoms with Crippen LogP contribution in [0, 0.1) is 12.8 Å². The van der Waals surface area contributed by atoms with Gasteiger partial charge in [0.1, 0.15) is 0 Å². The Morgan fingerprint density at radius 3 is 2.79 bits per heavy atom. The average molecular weight is 266 g/mol. The second kappa shape index (κ2) is 5.92. The van der Waals surface area contributed by atoms with Gasteiger partial charge in [-0.2, -0.15) is 5.10 Å². The number of nitrogens with zero attached hydrogens (tertiary/aromatic N) is 3. The van der Waals surface area contributed by atoms with Crippen LogP contribution in [0.25, 0.3) is 0 Å². The first-order valence-electron chi connectivity index (χ1n) is 7.15. The Morgan fingerprint density at radius 2 is 2.21 bits per heavy atom. The Hall–Kier alpha value is -1.07. The fraction of sp³-hybridized carbons (Fsp3) is 0.786. The summed E-state index contributed by atoms with van der Waals surface area (Å²) < 4.78 is 7.40. The molecule has 0 aliphatic carbocycles. The minimum Gasteiger partial charge on any atom is -0.481 e.